The van der Waals surface area contributed by atoms with Gasteiger partial charge < -0.3 is 14.8 Å². The molecule has 134 valence electrons. The highest BCUT2D eigenvalue weighted by atomic mass is 32.1. The second-order valence-corrected chi connectivity index (χ2v) is 7.03. The number of rotatable bonds is 7. The Morgan fingerprint density at radius 2 is 2.20 bits per heavy atom. The summed E-state index contributed by atoms with van der Waals surface area (Å²) in [5, 5.41) is 10.7. The van der Waals surface area contributed by atoms with Crippen molar-refractivity contribution in [1.29, 1.82) is 0 Å². The largest absolute Gasteiger partial charge is 0.493 e. The number of thiocarbonyl (C=S) groups is 1. The van der Waals surface area contributed by atoms with Crippen molar-refractivity contribution >= 4 is 34.9 Å². The quantitative estimate of drug-likeness (QED) is 0.438. The van der Waals surface area contributed by atoms with Gasteiger partial charge in [0.1, 0.15) is 6.61 Å². The zero-order chi connectivity index (χ0) is 18.2. The van der Waals surface area contributed by atoms with Crippen molar-refractivity contribution in [2.75, 3.05) is 7.11 Å². The van der Waals surface area contributed by atoms with Crippen molar-refractivity contribution in [2.45, 2.75) is 33.4 Å². The molecule has 2 rings (SSSR count). The van der Waals surface area contributed by atoms with Crippen LogP contribution in [0.3, 0.4) is 0 Å². The third kappa shape index (κ3) is 6.32. The van der Waals surface area contributed by atoms with Gasteiger partial charge >= 0.3 is 0 Å². The normalized spacial score (nSPS) is 10.9. The predicted molar refractivity (Wildman–Crippen MR) is 106 cm³/mol. The molecule has 0 aliphatic rings. The lowest BCUT2D eigenvalue weighted by atomic mass is 10.2. The Morgan fingerprint density at radius 3 is 2.84 bits per heavy atom. The van der Waals surface area contributed by atoms with Crippen LogP contribution in [0.15, 0.2) is 28.7 Å². The summed E-state index contributed by atoms with van der Waals surface area (Å²) in [6.45, 7) is 6.40. The highest BCUT2D eigenvalue weighted by Gasteiger charge is 2.07. The molecule has 0 saturated carbocycles. The monoisotopic (exact) mass is 378 g/mol. The van der Waals surface area contributed by atoms with Crippen molar-refractivity contribution in [3.05, 3.63) is 39.8 Å². The minimum Gasteiger partial charge on any atom is -0.493 e. The molecule has 0 amide bonds. The van der Waals surface area contributed by atoms with Gasteiger partial charge in [0.15, 0.2) is 16.6 Å². The average Bonchev–Trinajstić information content (AvgIpc) is 2.98. The van der Waals surface area contributed by atoms with Gasteiger partial charge in [-0.1, -0.05) is 0 Å². The molecule has 0 unspecified atom stereocenters. The number of aryl methyl sites for hydroxylation is 1. The van der Waals surface area contributed by atoms with Crippen LogP contribution in [0.1, 0.15) is 30.1 Å². The Balaban J connectivity index is 1.97. The second-order valence-electron chi connectivity index (χ2n) is 5.55. The van der Waals surface area contributed by atoms with E-state index in [2.05, 4.69) is 20.8 Å². The van der Waals surface area contributed by atoms with Gasteiger partial charge in [0.05, 0.1) is 24.0 Å². The van der Waals surface area contributed by atoms with E-state index in [4.69, 9.17) is 21.7 Å². The molecule has 0 aliphatic heterocycles. The van der Waals surface area contributed by atoms with E-state index in [-0.39, 0.29) is 6.04 Å². The molecule has 0 spiro atoms. The Hall–Kier alpha value is -2.19. The van der Waals surface area contributed by atoms with Crippen molar-refractivity contribution < 1.29 is 9.47 Å². The molecule has 0 atom stereocenters. The third-order valence-corrected chi connectivity index (χ3v) is 4.06. The SMILES string of the molecule is COc1cc(/C=N\NC(=S)NC(C)C)ccc1OCc1csc(C)n1. The molecule has 1 heterocycles. The maximum absolute atomic E-state index is 5.80. The summed E-state index contributed by atoms with van der Waals surface area (Å²) in [7, 11) is 1.61. The van der Waals surface area contributed by atoms with Crippen LogP contribution in [0, 0.1) is 6.92 Å². The van der Waals surface area contributed by atoms with E-state index in [1.165, 1.54) is 0 Å². The number of aromatic nitrogens is 1. The molecule has 0 saturated heterocycles. The summed E-state index contributed by atoms with van der Waals surface area (Å²) in [4.78, 5) is 4.38. The van der Waals surface area contributed by atoms with E-state index in [1.54, 1.807) is 24.7 Å². The molecule has 2 aromatic rings. The highest BCUT2D eigenvalue weighted by Crippen LogP contribution is 2.28. The van der Waals surface area contributed by atoms with Crippen molar-refractivity contribution in [1.82, 2.24) is 15.7 Å². The maximum atomic E-state index is 5.80. The van der Waals surface area contributed by atoms with Gasteiger partial charge in [0, 0.05) is 11.4 Å². The fourth-order valence-electron chi connectivity index (χ4n) is 1.97. The fourth-order valence-corrected chi connectivity index (χ4v) is 2.86. The standard InChI is InChI=1S/C17H22N4O2S2/c1-11(2)19-17(24)21-18-8-13-5-6-15(16(7-13)22-4)23-9-14-10-25-12(3)20-14/h5-8,10-11H,9H2,1-4H3,(H2,19,21,24)/b18-8-. The topological polar surface area (TPSA) is 67.8 Å². The first kappa shape index (κ1) is 19.1. The van der Waals surface area contributed by atoms with E-state index in [0.717, 1.165) is 16.3 Å². The molecule has 0 fully saturated rings. The number of benzene rings is 1. The number of nitrogens with zero attached hydrogens (tertiary/aromatic N) is 2. The molecular weight excluding hydrogens is 356 g/mol. The molecule has 1 aromatic carbocycles. The maximum Gasteiger partial charge on any atom is 0.187 e. The van der Waals surface area contributed by atoms with Crippen LogP contribution in [0.4, 0.5) is 0 Å². The molecule has 6 nitrogen and oxygen atoms in total. The average molecular weight is 379 g/mol. The highest BCUT2D eigenvalue weighted by molar-refractivity contribution is 7.80. The van der Waals surface area contributed by atoms with Crippen LogP contribution in [0.5, 0.6) is 11.5 Å². The van der Waals surface area contributed by atoms with Crippen LogP contribution in [-0.2, 0) is 6.61 Å². The number of ether oxygens (including phenoxy) is 2. The minimum atomic E-state index is 0.258. The summed E-state index contributed by atoms with van der Waals surface area (Å²) in [6, 6.07) is 5.86. The smallest absolute Gasteiger partial charge is 0.187 e. The van der Waals surface area contributed by atoms with Gasteiger partial charge in [-0.2, -0.15) is 5.10 Å². The summed E-state index contributed by atoms with van der Waals surface area (Å²) in [6.07, 6.45) is 1.67. The first-order chi connectivity index (χ1) is 12.0. The second kappa shape index (κ2) is 9.33. The van der Waals surface area contributed by atoms with E-state index < -0.39 is 0 Å². The predicted octanol–water partition coefficient (Wildman–Crippen LogP) is 3.25. The van der Waals surface area contributed by atoms with Gasteiger partial charge in [-0.05, 0) is 56.8 Å². The van der Waals surface area contributed by atoms with Crippen LogP contribution in [0.2, 0.25) is 0 Å². The molecule has 0 bridgehead atoms. The van der Waals surface area contributed by atoms with E-state index >= 15 is 0 Å². The minimum absolute atomic E-state index is 0.258. The number of hydrogen-bond donors (Lipinski definition) is 2. The molecule has 2 N–H and O–H groups in total. The number of hydrazone groups is 1. The van der Waals surface area contributed by atoms with E-state index in [1.807, 2.05) is 44.4 Å². The van der Waals surface area contributed by atoms with Gasteiger partial charge in [-0.25, -0.2) is 4.98 Å². The lowest BCUT2D eigenvalue weighted by molar-refractivity contribution is 0.281. The third-order valence-electron chi connectivity index (χ3n) is 3.03. The van der Waals surface area contributed by atoms with Crippen LogP contribution in [0.25, 0.3) is 0 Å². The van der Waals surface area contributed by atoms with Crippen LogP contribution in [-0.4, -0.2) is 29.5 Å². The Labute approximate surface area is 157 Å². The summed E-state index contributed by atoms with van der Waals surface area (Å²) in [5.41, 5.74) is 4.55. The molecule has 25 heavy (non-hydrogen) atoms. The summed E-state index contributed by atoms with van der Waals surface area (Å²) < 4.78 is 11.2. The van der Waals surface area contributed by atoms with Crippen LogP contribution >= 0.6 is 23.6 Å². The zero-order valence-electron chi connectivity index (χ0n) is 14.7. The van der Waals surface area contributed by atoms with Crippen molar-refractivity contribution in [3.63, 3.8) is 0 Å². The molecule has 0 radical (unpaired) electrons. The zero-order valence-corrected chi connectivity index (χ0v) is 16.3. The van der Waals surface area contributed by atoms with Gasteiger partial charge in [0.2, 0.25) is 0 Å². The van der Waals surface area contributed by atoms with Gasteiger partial charge in [0.25, 0.3) is 0 Å². The number of methoxy groups -OCH3 is 1. The lowest BCUT2D eigenvalue weighted by Crippen LogP contribution is -2.36. The summed E-state index contributed by atoms with van der Waals surface area (Å²) in [5.74, 6) is 1.30. The Morgan fingerprint density at radius 1 is 1.40 bits per heavy atom. The van der Waals surface area contributed by atoms with E-state index in [9.17, 15) is 0 Å². The van der Waals surface area contributed by atoms with Crippen molar-refractivity contribution in [2.24, 2.45) is 5.10 Å². The molecule has 1 aromatic heterocycles. The molecule has 8 heteroatoms. The fraction of sp³-hybridized carbons (Fsp3) is 0.353. The van der Waals surface area contributed by atoms with Crippen molar-refractivity contribution in [3.8, 4) is 11.5 Å². The number of nitrogens with one attached hydrogen (secondary N) is 2. The van der Waals surface area contributed by atoms with E-state index in [0.29, 0.717) is 23.2 Å². The first-order valence-corrected chi connectivity index (χ1v) is 9.08. The van der Waals surface area contributed by atoms with Gasteiger partial charge in [-0.3, -0.25) is 5.43 Å². The number of hydrogen-bond acceptors (Lipinski definition) is 6. The van der Waals surface area contributed by atoms with Crippen LogP contribution < -0.4 is 20.2 Å². The summed E-state index contributed by atoms with van der Waals surface area (Å²) >= 11 is 6.72. The Kier molecular flexibility index (Phi) is 7.15. The number of thiazole rings is 1. The lowest BCUT2D eigenvalue weighted by Gasteiger charge is -2.11. The van der Waals surface area contributed by atoms with Gasteiger partial charge in [-0.15, -0.1) is 11.3 Å². The first-order valence-electron chi connectivity index (χ1n) is 7.79. The molecule has 0 aliphatic carbocycles. The molecular formula is C17H22N4O2S2. The Bertz CT molecular complexity index is 744.